The highest BCUT2D eigenvalue weighted by Crippen LogP contribution is 2.28. The van der Waals surface area contributed by atoms with Gasteiger partial charge in [0.25, 0.3) is 15.9 Å². The summed E-state index contributed by atoms with van der Waals surface area (Å²) in [6.07, 6.45) is 0.809. The zero-order chi connectivity index (χ0) is 22.6. The van der Waals surface area contributed by atoms with Crippen molar-refractivity contribution in [3.8, 4) is 5.75 Å². The molecule has 0 aromatic heterocycles. The zero-order valence-corrected chi connectivity index (χ0v) is 20.0. The van der Waals surface area contributed by atoms with E-state index < -0.39 is 22.5 Å². The lowest BCUT2D eigenvalue weighted by molar-refractivity contribution is -0.119. The molecule has 0 bridgehead atoms. The Hall–Kier alpha value is -2.64. The van der Waals surface area contributed by atoms with Crippen LogP contribution in [0, 0.1) is 13.8 Å². The standard InChI is InChI=1S/C24H24BrNO4S/c1-4-19-8-10-20(11-9-19)26(31(28,29)21-12-5-17(2)6-13-21)24(27)16-30-23-14-7-18(3)15-22(23)25/h5-15H,4,16H2,1-3H3. The molecule has 3 aromatic rings. The Labute approximate surface area is 191 Å². The predicted octanol–water partition coefficient (Wildman–Crippen LogP) is 5.43. The maximum Gasteiger partial charge on any atom is 0.278 e. The lowest BCUT2D eigenvalue weighted by Crippen LogP contribution is -2.40. The molecule has 3 aromatic carbocycles. The minimum absolute atomic E-state index is 0.0440. The van der Waals surface area contributed by atoms with E-state index in [9.17, 15) is 13.2 Å². The van der Waals surface area contributed by atoms with Crippen LogP contribution in [0.2, 0.25) is 0 Å². The van der Waals surface area contributed by atoms with Gasteiger partial charge in [-0.2, -0.15) is 4.31 Å². The number of hydrogen-bond donors (Lipinski definition) is 0. The van der Waals surface area contributed by atoms with E-state index in [0.717, 1.165) is 27.4 Å². The number of carbonyl (C=O) groups is 1. The van der Waals surface area contributed by atoms with E-state index in [2.05, 4.69) is 15.9 Å². The first-order valence-corrected chi connectivity index (χ1v) is 12.1. The molecule has 0 atom stereocenters. The van der Waals surface area contributed by atoms with Crippen molar-refractivity contribution < 1.29 is 17.9 Å². The van der Waals surface area contributed by atoms with Gasteiger partial charge in [-0.25, -0.2) is 8.42 Å². The SMILES string of the molecule is CCc1ccc(N(C(=O)COc2ccc(C)cc2Br)S(=O)(=O)c2ccc(C)cc2)cc1. The van der Waals surface area contributed by atoms with E-state index >= 15 is 0 Å². The van der Waals surface area contributed by atoms with Crippen LogP contribution in [-0.4, -0.2) is 20.9 Å². The molecule has 31 heavy (non-hydrogen) atoms. The van der Waals surface area contributed by atoms with Crippen molar-refractivity contribution in [2.24, 2.45) is 0 Å². The van der Waals surface area contributed by atoms with Gasteiger partial charge >= 0.3 is 0 Å². The fraction of sp³-hybridized carbons (Fsp3) is 0.208. The predicted molar refractivity (Wildman–Crippen MR) is 126 cm³/mol. The summed E-state index contributed by atoms with van der Waals surface area (Å²) in [6.45, 7) is 5.39. The van der Waals surface area contributed by atoms with Crippen molar-refractivity contribution in [2.45, 2.75) is 32.1 Å². The van der Waals surface area contributed by atoms with E-state index in [4.69, 9.17) is 4.74 Å². The quantitative estimate of drug-likeness (QED) is 0.432. The molecule has 0 N–H and O–H groups in total. The Kier molecular flexibility index (Phi) is 7.18. The van der Waals surface area contributed by atoms with Gasteiger partial charge in [0.1, 0.15) is 5.75 Å². The Morgan fingerprint density at radius 2 is 1.55 bits per heavy atom. The largest absolute Gasteiger partial charge is 0.483 e. The van der Waals surface area contributed by atoms with Gasteiger partial charge in [-0.1, -0.05) is 42.8 Å². The van der Waals surface area contributed by atoms with E-state index in [1.807, 2.05) is 45.0 Å². The molecule has 0 aliphatic carbocycles. The average molecular weight is 502 g/mol. The molecule has 7 heteroatoms. The first-order chi connectivity index (χ1) is 14.7. The first kappa shape index (κ1) is 23.0. The highest BCUT2D eigenvalue weighted by atomic mass is 79.9. The van der Waals surface area contributed by atoms with Crippen molar-refractivity contribution in [2.75, 3.05) is 10.9 Å². The van der Waals surface area contributed by atoms with Crippen LogP contribution in [0.5, 0.6) is 5.75 Å². The molecule has 0 spiro atoms. The summed E-state index contributed by atoms with van der Waals surface area (Å²) in [4.78, 5) is 13.2. The van der Waals surface area contributed by atoms with Gasteiger partial charge in [0, 0.05) is 0 Å². The summed E-state index contributed by atoms with van der Waals surface area (Å²) in [6, 6.07) is 18.8. The van der Waals surface area contributed by atoms with Crippen LogP contribution in [0.3, 0.4) is 0 Å². The summed E-state index contributed by atoms with van der Waals surface area (Å²) in [5, 5.41) is 0. The lowest BCUT2D eigenvalue weighted by Gasteiger charge is -2.23. The van der Waals surface area contributed by atoms with Crippen molar-refractivity contribution in [1.29, 1.82) is 0 Å². The van der Waals surface area contributed by atoms with Crippen LogP contribution in [-0.2, 0) is 21.2 Å². The van der Waals surface area contributed by atoms with E-state index in [1.165, 1.54) is 12.1 Å². The van der Waals surface area contributed by atoms with Crippen molar-refractivity contribution in [3.05, 3.63) is 87.9 Å². The third kappa shape index (κ3) is 5.35. The minimum Gasteiger partial charge on any atom is -0.483 e. The molecular formula is C24H24BrNO4S. The monoisotopic (exact) mass is 501 g/mol. The van der Waals surface area contributed by atoms with Gasteiger partial charge in [-0.15, -0.1) is 0 Å². The number of sulfonamides is 1. The van der Waals surface area contributed by atoms with E-state index in [-0.39, 0.29) is 10.6 Å². The number of ether oxygens (including phenoxy) is 1. The van der Waals surface area contributed by atoms with Crippen LogP contribution >= 0.6 is 15.9 Å². The summed E-state index contributed by atoms with van der Waals surface area (Å²) < 4.78 is 34.0. The summed E-state index contributed by atoms with van der Waals surface area (Å²) in [5.41, 5.74) is 3.28. The Morgan fingerprint density at radius 3 is 2.13 bits per heavy atom. The molecule has 0 saturated heterocycles. The van der Waals surface area contributed by atoms with Gasteiger partial charge in [0.2, 0.25) is 0 Å². The van der Waals surface area contributed by atoms with Crippen LogP contribution in [0.25, 0.3) is 0 Å². The number of nitrogens with zero attached hydrogens (tertiary/aromatic N) is 1. The number of benzene rings is 3. The third-order valence-corrected chi connectivity index (χ3v) is 7.19. The number of carbonyl (C=O) groups excluding carboxylic acids is 1. The fourth-order valence-electron chi connectivity index (χ4n) is 3.02. The number of rotatable bonds is 7. The number of amides is 1. The number of halogens is 1. The summed E-state index contributed by atoms with van der Waals surface area (Å²) in [5.74, 6) is -0.217. The fourth-order valence-corrected chi connectivity index (χ4v) is 5.04. The van der Waals surface area contributed by atoms with Crippen LogP contribution in [0.1, 0.15) is 23.6 Å². The molecular weight excluding hydrogens is 478 g/mol. The van der Waals surface area contributed by atoms with Crippen LogP contribution < -0.4 is 9.04 Å². The first-order valence-electron chi connectivity index (χ1n) is 9.85. The van der Waals surface area contributed by atoms with Gasteiger partial charge in [0.15, 0.2) is 6.61 Å². The molecule has 5 nitrogen and oxygen atoms in total. The number of anilines is 1. The molecule has 0 unspecified atom stereocenters. The highest BCUT2D eigenvalue weighted by molar-refractivity contribution is 9.10. The Bertz CT molecular complexity index is 1170. The number of hydrogen-bond acceptors (Lipinski definition) is 4. The molecule has 1 amide bonds. The van der Waals surface area contributed by atoms with E-state index in [0.29, 0.717) is 10.2 Å². The van der Waals surface area contributed by atoms with Crippen molar-refractivity contribution >= 4 is 37.5 Å². The second-order valence-corrected chi connectivity index (χ2v) is 9.86. The molecule has 0 saturated carbocycles. The van der Waals surface area contributed by atoms with Crippen molar-refractivity contribution in [3.63, 3.8) is 0 Å². The maximum atomic E-state index is 13.4. The molecule has 0 aliphatic rings. The Balaban J connectivity index is 1.96. The van der Waals surface area contributed by atoms with Gasteiger partial charge in [-0.3, -0.25) is 4.79 Å². The van der Waals surface area contributed by atoms with Crippen molar-refractivity contribution in [1.82, 2.24) is 0 Å². The number of aryl methyl sites for hydroxylation is 3. The second kappa shape index (κ2) is 9.66. The van der Waals surface area contributed by atoms with Gasteiger partial charge in [-0.05, 0) is 83.7 Å². The molecule has 0 fully saturated rings. The zero-order valence-electron chi connectivity index (χ0n) is 17.6. The molecule has 0 heterocycles. The average Bonchev–Trinajstić information content (AvgIpc) is 2.74. The van der Waals surface area contributed by atoms with Gasteiger partial charge in [0.05, 0.1) is 15.1 Å². The summed E-state index contributed by atoms with van der Waals surface area (Å²) >= 11 is 3.41. The molecule has 0 radical (unpaired) electrons. The minimum atomic E-state index is -4.12. The topological polar surface area (TPSA) is 63.7 Å². The maximum absolute atomic E-state index is 13.4. The van der Waals surface area contributed by atoms with Gasteiger partial charge < -0.3 is 4.74 Å². The van der Waals surface area contributed by atoms with Crippen LogP contribution in [0.15, 0.2) is 76.1 Å². The summed E-state index contributed by atoms with van der Waals surface area (Å²) in [7, 11) is -4.12. The normalized spacial score (nSPS) is 11.2. The molecule has 0 aliphatic heterocycles. The smallest absolute Gasteiger partial charge is 0.278 e. The van der Waals surface area contributed by atoms with E-state index in [1.54, 1.807) is 30.3 Å². The second-order valence-electron chi connectivity index (χ2n) is 7.22. The molecule has 162 valence electrons. The lowest BCUT2D eigenvalue weighted by atomic mass is 10.1. The highest BCUT2D eigenvalue weighted by Gasteiger charge is 2.31. The molecule has 3 rings (SSSR count). The Morgan fingerprint density at radius 1 is 0.935 bits per heavy atom. The van der Waals surface area contributed by atoms with Crippen LogP contribution in [0.4, 0.5) is 5.69 Å². The third-order valence-electron chi connectivity index (χ3n) is 4.80.